The van der Waals surface area contributed by atoms with Crippen molar-refractivity contribution in [1.29, 1.82) is 0 Å². The number of benzene rings is 3. The lowest BCUT2D eigenvalue weighted by Crippen LogP contribution is -2.11. The number of nitrogens with one attached hydrogen (secondary N) is 1. The van der Waals surface area contributed by atoms with E-state index in [1.54, 1.807) is 23.1 Å². The van der Waals surface area contributed by atoms with E-state index in [4.69, 9.17) is 4.98 Å². The summed E-state index contributed by atoms with van der Waals surface area (Å²) in [6, 6.07) is 23.7. The minimum absolute atomic E-state index is 0.104. The van der Waals surface area contributed by atoms with Gasteiger partial charge in [-0.1, -0.05) is 44.2 Å². The van der Waals surface area contributed by atoms with Gasteiger partial charge < -0.3 is 5.32 Å². The van der Waals surface area contributed by atoms with Crippen LogP contribution < -0.4 is 5.32 Å². The molecule has 0 unspecified atom stereocenters. The Morgan fingerprint density at radius 1 is 1.00 bits per heavy atom. The molecule has 1 amide bonds. The van der Waals surface area contributed by atoms with Gasteiger partial charge in [0.05, 0.1) is 10.2 Å². The molecule has 0 aliphatic rings. The minimum atomic E-state index is -0.104. The lowest BCUT2D eigenvalue weighted by atomic mass is 10.2. The molecule has 4 aromatic rings. The van der Waals surface area contributed by atoms with Gasteiger partial charge in [0.1, 0.15) is 5.01 Å². The van der Waals surface area contributed by atoms with E-state index in [1.165, 1.54) is 0 Å². The highest BCUT2D eigenvalue weighted by molar-refractivity contribution is 7.99. The fraction of sp³-hybridized carbons (Fsp3) is 0.130. The first kappa shape index (κ1) is 18.7. The van der Waals surface area contributed by atoms with Gasteiger partial charge in [0.25, 0.3) is 5.91 Å². The van der Waals surface area contributed by atoms with Crippen LogP contribution in [0.15, 0.2) is 77.7 Å². The number of amides is 1. The lowest BCUT2D eigenvalue weighted by Gasteiger charge is -2.09. The number of thiazole rings is 1. The van der Waals surface area contributed by atoms with Gasteiger partial charge in [-0.05, 0) is 42.5 Å². The van der Waals surface area contributed by atoms with Gasteiger partial charge >= 0.3 is 0 Å². The Morgan fingerprint density at radius 2 is 1.82 bits per heavy atom. The monoisotopic (exact) mass is 404 g/mol. The van der Waals surface area contributed by atoms with Crippen LogP contribution in [0.4, 0.5) is 5.69 Å². The minimum Gasteiger partial charge on any atom is -0.322 e. The first-order chi connectivity index (χ1) is 13.6. The number of aromatic nitrogens is 1. The maximum Gasteiger partial charge on any atom is 0.255 e. The third-order valence-electron chi connectivity index (χ3n) is 4.13. The molecule has 1 heterocycles. The van der Waals surface area contributed by atoms with Crippen LogP contribution in [0.3, 0.4) is 0 Å². The molecular weight excluding hydrogens is 384 g/mol. The SMILES string of the molecule is CC(C)Sc1cccc(C(=O)Nc2cccc(-c3nc4ccccc4s3)c2)c1. The number of anilines is 1. The molecule has 0 saturated carbocycles. The summed E-state index contributed by atoms with van der Waals surface area (Å²) in [5, 5.41) is 4.44. The van der Waals surface area contributed by atoms with Crippen LogP contribution in [0.5, 0.6) is 0 Å². The number of hydrogen-bond acceptors (Lipinski definition) is 4. The van der Waals surface area contributed by atoms with Crippen LogP contribution in [0.25, 0.3) is 20.8 Å². The van der Waals surface area contributed by atoms with E-state index in [2.05, 4.69) is 25.2 Å². The number of rotatable bonds is 5. The van der Waals surface area contributed by atoms with E-state index in [-0.39, 0.29) is 5.91 Å². The fourth-order valence-electron chi connectivity index (χ4n) is 2.91. The predicted molar refractivity (Wildman–Crippen MR) is 120 cm³/mol. The van der Waals surface area contributed by atoms with E-state index in [1.807, 2.05) is 66.7 Å². The number of carbonyl (C=O) groups excluding carboxylic acids is 1. The Balaban J connectivity index is 1.55. The summed E-state index contributed by atoms with van der Waals surface area (Å²) in [4.78, 5) is 18.5. The predicted octanol–water partition coefficient (Wildman–Crippen LogP) is 6.72. The third kappa shape index (κ3) is 4.26. The highest BCUT2D eigenvalue weighted by Gasteiger charge is 2.10. The largest absolute Gasteiger partial charge is 0.322 e. The Bertz CT molecular complexity index is 1100. The molecule has 0 radical (unpaired) electrons. The second kappa shape index (κ2) is 8.17. The molecule has 0 aliphatic carbocycles. The van der Waals surface area contributed by atoms with Crippen molar-refractivity contribution in [3.05, 3.63) is 78.4 Å². The molecule has 0 atom stereocenters. The normalized spacial score (nSPS) is 11.1. The molecule has 0 aliphatic heterocycles. The maximum atomic E-state index is 12.7. The van der Waals surface area contributed by atoms with Gasteiger partial charge in [-0.15, -0.1) is 23.1 Å². The number of carbonyl (C=O) groups is 1. The van der Waals surface area contributed by atoms with Crippen molar-refractivity contribution in [3.63, 3.8) is 0 Å². The molecule has 4 rings (SSSR count). The Morgan fingerprint density at radius 3 is 2.64 bits per heavy atom. The number of para-hydroxylation sites is 1. The van der Waals surface area contributed by atoms with Gasteiger partial charge in [-0.2, -0.15) is 0 Å². The summed E-state index contributed by atoms with van der Waals surface area (Å²) in [6.07, 6.45) is 0. The van der Waals surface area contributed by atoms with Crippen LogP contribution in [0, 0.1) is 0 Å². The standard InChI is InChI=1S/C23H20N2OS2/c1-15(2)27-19-10-6-7-16(14-19)22(26)24-18-9-5-8-17(13-18)23-25-20-11-3-4-12-21(20)28-23/h3-15H,1-2H3,(H,24,26). The second-order valence-corrected chi connectivity index (χ2v) is 9.40. The summed E-state index contributed by atoms with van der Waals surface area (Å²) >= 11 is 3.41. The van der Waals surface area contributed by atoms with Crippen molar-refractivity contribution >= 4 is 44.9 Å². The van der Waals surface area contributed by atoms with Gasteiger partial charge in [0, 0.05) is 27.0 Å². The first-order valence-electron chi connectivity index (χ1n) is 9.12. The Labute approximate surface area is 172 Å². The first-order valence-corrected chi connectivity index (χ1v) is 10.8. The second-order valence-electron chi connectivity index (χ2n) is 6.72. The molecule has 3 aromatic carbocycles. The van der Waals surface area contributed by atoms with E-state index in [9.17, 15) is 4.79 Å². The zero-order valence-electron chi connectivity index (χ0n) is 15.7. The summed E-state index contributed by atoms with van der Waals surface area (Å²) in [6.45, 7) is 4.29. The summed E-state index contributed by atoms with van der Waals surface area (Å²) in [5.41, 5.74) is 3.43. The summed E-state index contributed by atoms with van der Waals surface area (Å²) < 4.78 is 1.16. The topological polar surface area (TPSA) is 42.0 Å². The van der Waals surface area contributed by atoms with Crippen molar-refractivity contribution in [3.8, 4) is 10.6 Å². The van der Waals surface area contributed by atoms with Gasteiger partial charge in [-0.3, -0.25) is 4.79 Å². The van der Waals surface area contributed by atoms with E-state index < -0.39 is 0 Å². The van der Waals surface area contributed by atoms with Gasteiger partial charge in [-0.25, -0.2) is 4.98 Å². The number of nitrogens with zero attached hydrogens (tertiary/aromatic N) is 1. The molecular formula is C23H20N2OS2. The van der Waals surface area contributed by atoms with Crippen LogP contribution >= 0.6 is 23.1 Å². The zero-order valence-corrected chi connectivity index (χ0v) is 17.3. The summed E-state index contributed by atoms with van der Waals surface area (Å²) in [5.74, 6) is -0.104. The van der Waals surface area contributed by atoms with Crippen LogP contribution in [0.1, 0.15) is 24.2 Å². The molecule has 0 bridgehead atoms. The highest BCUT2D eigenvalue weighted by atomic mass is 32.2. The Kier molecular flexibility index (Phi) is 5.46. The third-order valence-corrected chi connectivity index (χ3v) is 6.21. The molecule has 0 saturated heterocycles. The van der Waals surface area contributed by atoms with E-state index in [0.717, 1.165) is 31.4 Å². The smallest absolute Gasteiger partial charge is 0.255 e. The van der Waals surface area contributed by atoms with Crippen molar-refractivity contribution in [2.45, 2.75) is 24.0 Å². The molecule has 140 valence electrons. The number of thioether (sulfide) groups is 1. The maximum absolute atomic E-state index is 12.7. The lowest BCUT2D eigenvalue weighted by molar-refractivity contribution is 0.102. The molecule has 0 spiro atoms. The van der Waals surface area contributed by atoms with Crippen molar-refractivity contribution < 1.29 is 4.79 Å². The number of hydrogen-bond donors (Lipinski definition) is 1. The van der Waals surface area contributed by atoms with Crippen molar-refractivity contribution in [2.75, 3.05) is 5.32 Å². The molecule has 28 heavy (non-hydrogen) atoms. The zero-order chi connectivity index (χ0) is 19.5. The summed E-state index contributed by atoms with van der Waals surface area (Å²) in [7, 11) is 0. The van der Waals surface area contributed by atoms with Crippen LogP contribution in [-0.4, -0.2) is 16.1 Å². The van der Waals surface area contributed by atoms with Crippen LogP contribution in [0.2, 0.25) is 0 Å². The van der Waals surface area contributed by atoms with Crippen LogP contribution in [-0.2, 0) is 0 Å². The fourth-order valence-corrected chi connectivity index (χ4v) is 4.77. The molecule has 1 aromatic heterocycles. The quantitative estimate of drug-likeness (QED) is 0.376. The average molecular weight is 405 g/mol. The Hall–Kier alpha value is -2.63. The molecule has 3 nitrogen and oxygen atoms in total. The van der Waals surface area contributed by atoms with E-state index >= 15 is 0 Å². The van der Waals surface area contributed by atoms with Gasteiger partial charge in [0.15, 0.2) is 0 Å². The highest BCUT2D eigenvalue weighted by Crippen LogP contribution is 2.31. The average Bonchev–Trinajstić information content (AvgIpc) is 3.12. The number of fused-ring (bicyclic) bond motifs is 1. The molecule has 1 N–H and O–H groups in total. The van der Waals surface area contributed by atoms with Crippen molar-refractivity contribution in [2.24, 2.45) is 0 Å². The molecule has 5 heteroatoms. The van der Waals surface area contributed by atoms with E-state index in [0.29, 0.717) is 10.8 Å². The van der Waals surface area contributed by atoms with Gasteiger partial charge in [0.2, 0.25) is 0 Å². The van der Waals surface area contributed by atoms with Crippen molar-refractivity contribution in [1.82, 2.24) is 4.98 Å². The molecule has 0 fully saturated rings.